The van der Waals surface area contributed by atoms with Crippen LogP contribution in [0.25, 0.3) is 5.82 Å². The number of carbonyl (C=O) groups is 1. The van der Waals surface area contributed by atoms with Crippen molar-refractivity contribution in [3.63, 3.8) is 0 Å². The molecule has 0 spiro atoms. The summed E-state index contributed by atoms with van der Waals surface area (Å²) < 4.78 is 1.69. The highest BCUT2D eigenvalue weighted by atomic mass is 16.1. The van der Waals surface area contributed by atoms with E-state index in [1.165, 1.54) is 0 Å². The van der Waals surface area contributed by atoms with Gasteiger partial charge in [-0.3, -0.25) is 4.79 Å². The maximum atomic E-state index is 12.3. The number of aromatic nitrogens is 3. The molecule has 1 N–H and O–H groups in total. The topological polar surface area (TPSA) is 59.8 Å². The number of rotatable bonds is 4. The Hall–Kier alpha value is -2.95. The zero-order valence-corrected chi connectivity index (χ0v) is 12.2. The van der Waals surface area contributed by atoms with Gasteiger partial charge in [0.25, 0.3) is 5.91 Å². The Labute approximate surface area is 128 Å². The average Bonchev–Trinajstić information content (AvgIpc) is 3.07. The molecule has 2 aromatic heterocycles. The van der Waals surface area contributed by atoms with Crippen molar-refractivity contribution in [2.45, 2.75) is 13.5 Å². The molecule has 0 bridgehead atoms. The van der Waals surface area contributed by atoms with Gasteiger partial charge in [0.15, 0.2) is 5.82 Å². The van der Waals surface area contributed by atoms with Crippen LogP contribution in [0.3, 0.4) is 0 Å². The summed E-state index contributed by atoms with van der Waals surface area (Å²) in [6, 6.07) is 13.1. The quantitative estimate of drug-likeness (QED) is 0.803. The first kappa shape index (κ1) is 14.0. The maximum absolute atomic E-state index is 12.3. The second kappa shape index (κ2) is 6.22. The molecule has 0 aliphatic rings. The number of nitrogens with one attached hydrogen (secondary N) is 1. The number of nitrogens with zero attached hydrogens (tertiary/aromatic N) is 3. The van der Waals surface area contributed by atoms with Gasteiger partial charge in [-0.1, -0.05) is 24.3 Å². The molecule has 1 aromatic carbocycles. The predicted octanol–water partition coefficient (Wildman–Crippen LogP) is 2.51. The Kier molecular flexibility index (Phi) is 3.96. The standard InChI is InChI=1S/C17H16N4O/c1-13-6-2-3-8-15(13)17(22)19-12-14-7-4-9-18-16(14)21-11-5-10-20-21/h2-11H,12H2,1H3,(H,19,22). The van der Waals surface area contributed by atoms with Crippen LogP contribution in [0.15, 0.2) is 61.1 Å². The van der Waals surface area contributed by atoms with Crippen LogP contribution in [0.2, 0.25) is 0 Å². The molecule has 0 saturated carbocycles. The number of hydrogen-bond acceptors (Lipinski definition) is 3. The van der Waals surface area contributed by atoms with Crippen LogP contribution in [0, 0.1) is 6.92 Å². The first-order valence-corrected chi connectivity index (χ1v) is 7.03. The second-order valence-electron chi connectivity index (χ2n) is 4.93. The van der Waals surface area contributed by atoms with Crippen LogP contribution in [-0.2, 0) is 6.54 Å². The van der Waals surface area contributed by atoms with Crippen LogP contribution in [0.5, 0.6) is 0 Å². The Morgan fingerprint density at radius 2 is 2.00 bits per heavy atom. The van der Waals surface area contributed by atoms with Crippen molar-refractivity contribution < 1.29 is 4.79 Å². The minimum absolute atomic E-state index is 0.0895. The maximum Gasteiger partial charge on any atom is 0.251 e. The van der Waals surface area contributed by atoms with Gasteiger partial charge in [0.2, 0.25) is 0 Å². The largest absolute Gasteiger partial charge is 0.348 e. The molecule has 0 atom stereocenters. The van der Waals surface area contributed by atoms with Crippen molar-refractivity contribution in [3.05, 3.63) is 77.7 Å². The second-order valence-corrected chi connectivity index (χ2v) is 4.93. The molecule has 1 amide bonds. The summed E-state index contributed by atoms with van der Waals surface area (Å²) in [4.78, 5) is 16.6. The molecule has 5 nitrogen and oxygen atoms in total. The first-order chi connectivity index (χ1) is 10.8. The van der Waals surface area contributed by atoms with Gasteiger partial charge >= 0.3 is 0 Å². The highest BCUT2D eigenvalue weighted by molar-refractivity contribution is 5.95. The summed E-state index contributed by atoms with van der Waals surface area (Å²) in [6.07, 6.45) is 5.24. The molecule has 0 aliphatic carbocycles. The van der Waals surface area contributed by atoms with Gasteiger partial charge in [-0.2, -0.15) is 5.10 Å². The highest BCUT2D eigenvalue weighted by Gasteiger charge is 2.10. The fraction of sp³-hybridized carbons (Fsp3) is 0.118. The zero-order chi connectivity index (χ0) is 15.4. The Balaban J connectivity index is 1.78. The number of amides is 1. The van der Waals surface area contributed by atoms with Crippen molar-refractivity contribution in [2.24, 2.45) is 0 Å². The van der Waals surface area contributed by atoms with E-state index in [0.717, 1.165) is 16.9 Å². The molecule has 0 aliphatic heterocycles. The van der Waals surface area contributed by atoms with Crippen LogP contribution in [0.4, 0.5) is 0 Å². The lowest BCUT2D eigenvalue weighted by Crippen LogP contribution is -2.24. The van der Waals surface area contributed by atoms with Crippen molar-refractivity contribution in [3.8, 4) is 5.82 Å². The van der Waals surface area contributed by atoms with Crippen LogP contribution in [-0.4, -0.2) is 20.7 Å². The van der Waals surface area contributed by atoms with E-state index in [0.29, 0.717) is 12.1 Å². The van der Waals surface area contributed by atoms with E-state index in [-0.39, 0.29) is 5.91 Å². The molecule has 5 heteroatoms. The smallest absolute Gasteiger partial charge is 0.251 e. The molecule has 3 rings (SSSR count). The third-order valence-electron chi connectivity index (χ3n) is 3.42. The molecule has 0 fully saturated rings. The zero-order valence-electron chi connectivity index (χ0n) is 12.2. The molecule has 0 unspecified atom stereocenters. The SMILES string of the molecule is Cc1ccccc1C(=O)NCc1cccnc1-n1cccn1. The Morgan fingerprint density at radius 3 is 2.77 bits per heavy atom. The normalized spacial score (nSPS) is 10.4. The number of pyridine rings is 1. The van der Waals surface area contributed by atoms with Gasteiger partial charge in [-0.05, 0) is 30.7 Å². The van der Waals surface area contributed by atoms with E-state index in [1.807, 2.05) is 55.6 Å². The van der Waals surface area contributed by atoms with Gasteiger partial charge in [0, 0.05) is 36.3 Å². The van der Waals surface area contributed by atoms with E-state index in [9.17, 15) is 4.79 Å². The van der Waals surface area contributed by atoms with Gasteiger partial charge in [-0.25, -0.2) is 9.67 Å². The summed E-state index contributed by atoms with van der Waals surface area (Å²) in [5.41, 5.74) is 2.55. The van der Waals surface area contributed by atoms with E-state index >= 15 is 0 Å². The van der Waals surface area contributed by atoms with Crippen molar-refractivity contribution in [1.29, 1.82) is 0 Å². The predicted molar refractivity (Wildman–Crippen MR) is 83.7 cm³/mol. The minimum atomic E-state index is -0.0895. The van der Waals surface area contributed by atoms with Gasteiger partial charge < -0.3 is 5.32 Å². The lowest BCUT2D eigenvalue weighted by molar-refractivity contribution is 0.0950. The van der Waals surface area contributed by atoms with Crippen LogP contribution >= 0.6 is 0 Å². The fourth-order valence-corrected chi connectivity index (χ4v) is 2.27. The van der Waals surface area contributed by atoms with E-state index in [1.54, 1.807) is 17.1 Å². The average molecular weight is 292 g/mol. The van der Waals surface area contributed by atoms with Crippen molar-refractivity contribution in [1.82, 2.24) is 20.1 Å². The van der Waals surface area contributed by atoms with E-state index in [2.05, 4.69) is 15.4 Å². The van der Waals surface area contributed by atoms with Crippen LogP contribution < -0.4 is 5.32 Å². The third-order valence-corrected chi connectivity index (χ3v) is 3.42. The Morgan fingerprint density at radius 1 is 1.14 bits per heavy atom. The third kappa shape index (κ3) is 2.88. The van der Waals surface area contributed by atoms with Crippen molar-refractivity contribution >= 4 is 5.91 Å². The molecule has 0 saturated heterocycles. The number of carbonyl (C=O) groups excluding carboxylic acids is 1. The first-order valence-electron chi connectivity index (χ1n) is 7.03. The number of aryl methyl sites for hydroxylation is 1. The van der Waals surface area contributed by atoms with Crippen molar-refractivity contribution in [2.75, 3.05) is 0 Å². The van der Waals surface area contributed by atoms with Gasteiger partial charge in [0.05, 0.1) is 0 Å². The van der Waals surface area contributed by atoms with E-state index in [4.69, 9.17) is 0 Å². The summed E-state index contributed by atoms with van der Waals surface area (Å²) in [5, 5.41) is 7.13. The van der Waals surface area contributed by atoms with Gasteiger partial charge in [-0.15, -0.1) is 0 Å². The summed E-state index contributed by atoms with van der Waals surface area (Å²) in [5.74, 6) is 0.631. The fourth-order valence-electron chi connectivity index (χ4n) is 2.27. The van der Waals surface area contributed by atoms with Crippen LogP contribution in [0.1, 0.15) is 21.5 Å². The molecule has 0 radical (unpaired) electrons. The summed E-state index contributed by atoms with van der Waals surface area (Å²) in [7, 11) is 0. The molecular weight excluding hydrogens is 276 g/mol. The van der Waals surface area contributed by atoms with Gasteiger partial charge in [0.1, 0.15) is 0 Å². The minimum Gasteiger partial charge on any atom is -0.348 e. The lowest BCUT2D eigenvalue weighted by Gasteiger charge is -2.10. The van der Waals surface area contributed by atoms with E-state index < -0.39 is 0 Å². The highest BCUT2D eigenvalue weighted by Crippen LogP contribution is 2.11. The summed E-state index contributed by atoms with van der Waals surface area (Å²) in [6.45, 7) is 2.32. The molecule has 22 heavy (non-hydrogen) atoms. The molecule has 110 valence electrons. The molecular formula is C17H16N4O. The lowest BCUT2D eigenvalue weighted by atomic mass is 10.1. The summed E-state index contributed by atoms with van der Waals surface area (Å²) >= 11 is 0. The Bertz CT molecular complexity index is 781. The number of hydrogen-bond donors (Lipinski definition) is 1. The monoisotopic (exact) mass is 292 g/mol. The molecule has 3 aromatic rings. The number of benzene rings is 1. The molecule has 2 heterocycles.